The number of benzene rings is 3. The number of hydrogen-bond donors (Lipinski definition) is 2. The highest BCUT2D eigenvalue weighted by atomic mass is 16.6. The summed E-state index contributed by atoms with van der Waals surface area (Å²) in [5.41, 5.74) is 4.23. The Hall–Kier alpha value is -4.92. The van der Waals surface area contributed by atoms with E-state index in [0.717, 1.165) is 18.4 Å². The van der Waals surface area contributed by atoms with Gasteiger partial charge in [0.05, 0.1) is 26.5 Å². The van der Waals surface area contributed by atoms with Crippen molar-refractivity contribution in [2.24, 2.45) is 5.10 Å². The summed E-state index contributed by atoms with van der Waals surface area (Å²) >= 11 is 0. The van der Waals surface area contributed by atoms with Crippen LogP contribution in [0.5, 0.6) is 17.2 Å². The third-order valence-corrected chi connectivity index (χ3v) is 5.31. The number of unbranched alkanes of at least 4 members (excludes halogenated alkanes) is 1. The van der Waals surface area contributed by atoms with E-state index in [1.54, 1.807) is 48.5 Å². The van der Waals surface area contributed by atoms with Crippen molar-refractivity contribution in [3.05, 3.63) is 95.6 Å². The number of rotatable bonds is 13. The fraction of sp³-hybridized carbons (Fsp3) is 0.200. The quantitative estimate of drug-likeness (QED) is 0.0848. The number of methoxy groups -OCH3 is 1. The zero-order valence-corrected chi connectivity index (χ0v) is 21.9. The number of esters is 1. The number of carbonyl (C=O) groups is 3. The minimum Gasteiger partial charge on any atom is -0.494 e. The van der Waals surface area contributed by atoms with Crippen molar-refractivity contribution in [1.29, 1.82) is 0 Å². The monoisotopic (exact) mass is 529 g/mol. The molecule has 0 radical (unpaired) electrons. The van der Waals surface area contributed by atoms with E-state index in [1.165, 1.54) is 19.4 Å². The van der Waals surface area contributed by atoms with Crippen LogP contribution in [0, 0.1) is 0 Å². The summed E-state index contributed by atoms with van der Waals surface area (Å²) in [4.78, 5) is 36.5. The SMILES string of the molecule is CCCCOc1ccc(C(=O)NCC(=O)N/N=C/c2ccc(OC(=O)/C=C/c3ccccc3)c(OC)c2)cc1. The largest absolute Gasteiger partial charge is 0.494 e. The van der Waals surface area contributed by atoms with Gasteiger partial charge in [-0.25, -0.2) is 10.2 Å². The Balaban J connectivity index is 1.46. The molecular formula is C30H31N3O6. The van der Waals surface area contributed by atoms with Gasteiger partial charge < -0.3 is 19.5 Å². The van der Waals surface area contributed by atoms with Gasteiger partial charge in [-0.3, -0.25) is 9.59 Å². The highest BCUT2D eigenvalue weighted by Crippen LogP contribution is 2.27. The van der Waals surface area contributed by atoms with Crippen molar-refractivity contribution < 1.29 is 28.6 Å². The summed E-state index contributed by atoms with van der Waals surface area (Å²) in [5.74, 6) is -0.186. The third-order valence-electron chi connectivity index (χ3n) is 5.31. The molecule has 0 aliphatic rings. The Morgan fingerprint density at radius 3 is 2.41 bits per heavy atom. The molecule has 0 aliphatic carbocycles. The number of nitrogens with one attached hydrogen (secondary N) is 2. The topological polar surface area (TPSA) is 115 Å². The van der Waals surface area contributed by atoms with E-state index in [9.17, 15) is 14.4 Å². The van der Waals surface area contributed by atoms with Crippen molar-refractivity contribution in [2.75, 3.05) is 20.3 Å². The molecule has 39 heavy (non-hydrogen) atoms. The molecule has 3 rings (SSSR count). The molecule has 0 heterocycles. The summed E-state index contributed by atoms with van der Waals surface area (Å²) in [6.07, 6.45) is 6.39. The molecule has 0 atom stereocenters. The Kier molecular flexibility index (Phi) is 11.3. The van der Waals surface area contributed by atoms with Crippen molar-refractivity contribution >= 4 is 30.1 Å². The van der Waals surface area contributed by atoms with Crippen LogP contribution in [-0.4, -0.2) is 44.3 Å². The second-order valence-corrected chi connectivity index (χ2v) is 8.28. The van der Waals surface area contributed by atoms with E-state index in [1.807, 2.05) is 30.3 Å². The van der Waals surface area contributed by atoms with E-state index >= 15 is 0 Å². The molecular weight excluding hydrogens is 498 g/mol. The molecule has 3 aromatic carbocycles. The van der Waals surface area contributed by atoms with Gasteiger partial charge in [0.15, 0.2) is 11.5 Å². The summed E-state index contributed by atoms with van der Waals surface area (Å²) in [6, 6.07) is 20.9. The number of carbonyl (C=O) groups excluding carboxylic acids is 3. The number of amides is 2. The molecule has 0 unspecified atom stereocenters. The molecule has 0 saturated carbocycles. The first-order chi connectivity index (χ1) is 19.0. The lowest BCUT2D eigenvalue weighted by molar-refractivity contribution is -0.129. The van der Waals surface area contributed by atoms with Crippen molar-refractivity contribution in [3.63, 3.8) is 0 Å². The average molecular weight is 530 g/mol. The fourth-order valence-electron chi connectivity index (χ4n) is 3.24. The van der Waals surface area contributed by atoms with Crippen molar-refractivity contribution in [3.8, 4) is 17.2 Å². The van der Waals surface area contributed by atoms with Gasteiger partial charge in [0.2, 0.25) is 0 Å². The maximum absolute atomic E-state index is 12.3. The van der Waals surface area contributed by atoms with E-state index in [4.69, 9.17) is 14.2 Å². The molecule has 2 N–H and O–H groups in total. The lowest BCUT2D eigenvalue weighted by Gasteiger charge is -2.08. The van der Waals surface area contributed by atoms with Gasteiger partial charge in [-0.15, -0.1) is 0 Å². The van der Waals surface area contributed by atoms with Gasteiger partial charge in [0, 0.05) is 11.6 Å². The first-order valence-electron chi connectivity index (χ1n) is 12.4. The van der Waals surface area contributed by atoms with Crippen LogP contribution >= 0.6 is 0 Å². The zero-order valence-electron chi connectivity index (χ0n) is 21.9. The van der Waals surface area contributed by atoms with Gasteiger partial charge in [0.1, 0.15) is 5.75 Å². The van der Waals surface area contributed by atoms with Crippen LogP contribution in [-0.2, 0) is 9.59 Å². The van der Waals surface area contributed by atoms with E-state index < -0.39 is 11.9 Å². The van der Waals surface area contributed by atoms with Crippen LogP contribution in [0.2, 0.25) is 0 Å². The average Bonchev–Trinajstić information content (AvgIpc) is 2.96. The number of hydrazone groups is 1. The van der Waals surface area contributed by atoms with Crippen molar-refractivity contribution in [1.82, 2.24) is 10.7 Å². The molecule has 0 spiro atoms. The smallest absolute Gasteiger partial charge is 0.336 e. The van der Waals surface area contributed by atoms with Crippen LogP contribution in [0.1, 0.15) is 41.3 Å². The molecule has 0 fully saturated rings. The summed E-state index contributed by atoms with van der Waals surface area (Å²) in [7, 11) is 1.45. The Labute approximate surface area is 227 Å². The summed E-state index contributed by atoms with van der Waals surface area (Å²) in [5, 5.41) is 6.45. The second kappa shape index (κ2) is 15.4. The van der Waals surface area contributed by atoms with Gasteiger partial charge in [0.25, 0.3) is 11.8 Å². The molecule has 0 aliphatic heterocycles. The molecule has 9 heteroatoms. The minimum absolute atomic E-state index is 0.240. The van der Waals surface area contributed by atoms with Crippen LogP contribution in [0.25, 0.3) is 6.08 Å². The molecule has 202 valence electrons. The highest BCUT2D eigenvalue weighted by Gasteiger charge is 2.10. The Morgan fingerprint density at radius 2 is 1.69 bits per heavy atom. The fourth-order valence-corrected chi connectivity index (χ4v) is 3.24. The van der Waals surface area contributed by atoms with Gasteiger partial charge in [-0.2, -0.15) is 5.10 Å². The maximum Gasteiger partial charge on any atom is 0.336 e. The Bertz CT molecular complexity index is 1300. The van der Waals surface area contributed by atoms with Crippen LogP contribution in [0.3, 0.4) is 0 Å². The molecule has 0 saturated heterocycles. The molecule has 9 nitrogen and oxygen atoms in total. The molecule has 0 bridgehead atoms. The number of ether oxygens (including phenoxy) is 3. The highest BCUT2D eigenvalue weighted by molar-refractivity contribution is 5.96. The second-order valence-electron chi connectivity index (χ2n) is 8.28. The lowest BCUT2D eigenvalue weighted by atomic mass is 10.2. The molecule has 3 aromatic rings. The first-order valence-corrected chi connectivity index (χ1v) is 12.4. The third kappa shape index (κ3) is 9.81. The van der Waals surface area contributed by atoms with Crippen molar-refractivity contribution in [2.45, 2.75) is 19.8 Å². The van der Waals surface area contributed by atoms with Gasteiger partial charge in [-0.05, 0) is 66.1 Å². The normalized spacial score (nSPS) is 10.8. The van der Waals surface area contributed by atoms with Gasteiger partial charge >= 0.3 is 5.97 Å². The number of hydrogen-bond acceptors (Lipinski definition) is 7. The molecule has 2 amide bonds. The van der Waals surface area contributed by atoms with E-state index in [-0.39, 0.29) is 18.2 Å². The predicted molar refractivity (Wildman–Crippen MR) is 149 cm³/mol. The van der Waals surface area contributed by atoms with Crippen LogP contribution in [0.15, 0.2) is 84.0 Å². The summed E-state index contributed by atoms with van der Waals surface area (Å²) in [6.45, 7) is 2.46. The van der Waals surface area contributed by atoms with Crippen LogP contribution < -0.4 is 25.0 Å². The lowest BCUT2D eigenvalue weighted by Crippen LogP contribution is -2.34. The van der Waals surface area contributed by atoms with E-state index in [0.29, 0.717) is 29.2 Å². The maximum atomic E-state index is 12.3. The Morgan fingerprint density at radius 1 is 0.923 bits per heavy atom. The first kappa shape index (κ1) is 28.6. The summed E-state index contributed by atoms with van der Waals surface area (Å²) < 4.78 is 16.3. The standard InChI is InChI=1S/C30H31N3O6/c1-3-4-18-38-25-14-12-24(13-15-25)30(36)31-21-28(34)33-32-20-23-10-16-26(27(19-23)37-2)39-29(35)17-11-22-8-6-5-7-9-22/h5-17,19-20H,3-4,18,21H2,1-2H3,(H,31,36)(H,33,34)/b17-11+,32-20+. The van der Waals surface area contributed by atoms with Gasteiger partial charge in [-0.1, -0.05) is 43.7 Å². The zero-order chi connectivity index (χ0) is 27.9. The number of nitrogens with zero attached hydrogens (tertiary/aromatic N) is 1. The van der Waals surface area contributed by atoms with E-state index in [2.05, 4.69) is 22.8 Å². The molecule has 0 aromatic heterocycles. The minimum atomic E-state index is -0.552. The van der Waals surface area contributed by atoms with Crippen LogP contribution in [0.4, 0.5) is 0 Å². The predicted octanol–water partition coefficient (Wildman–Crippen LogP) is 4.37.